The fraction of sp³-hybridized carbons (Fsp3) is 0.722. The van der Waals surface area contributed by atoms with Gasteiger partial charge < -0.3 is 14.9 Å². The molecule has 1 spiro atoms. The summed E-state index contributed by atoms with van der Waals surface area (Å²) in [6, 6.07) is 0.0822. The van der Waals surface area contributed by atoms with Gasteiger partial charge >= 0.3 is 0 Å². The lowest BCUT2D eigenvalue weighted by molar-refractivity contribution is -0.299. The molecule has 4 aliphatic carbocycles. The molecule has 2 heterocycles. The molecule has 6 rings (SSSR count). The Kier molecular flexibility index (Phi) is 1.91. The molecule has 3 saturated carbocycles. The van der Waals surface area contributed by atoms with Crippen LogP contribution in [0.2, 0.25) is 0 Å². The number of ketones is 1. The van der Waals surface area contributed by atoms with E-state index in [1.54, 1.807) is 6.08 Å². The molecule has 23 heavy (non-hydrogen) atoms. The average Bonchev–Trinajstić information content (AvgIpc) is 2.90. The summed E-state index contributed by atoms with van der Waals surface area (Å²) < 4.78 is 6.07. The van der Waals surface area contributed by atoms with Crippen molar-refractivity contribution in [2.75, 3.05) is 13.6 Å². The fourth-order valence-electron chi connectivity index (χ4n) is 7.54. The van der Waals surface area contributed by atoms with Crippen molar-refractivity contribution in [3.8, 4) is 0 Å². The largest absolute Gasteiger partial charge is 0.504 e. The van der Waals surface area contributed by atoms with E-state index in [-0.39, 0.29) is 34.8 Å². The number of hydrogen-bond donors (Lipinski definition) is 2. The van der Waals surface area contributed by atoms with Crippen LogP contribution in [-0.2, 0) is 9.53 Å². The molecule has 0 aromatic carbocycles. The van der Waals surface area contributed by atoms with E-state index < -0.39 is 17.1 Å². The monoisotopic (exact) mass is 315 g/mol. The van der Waals surface area contributed by atoms with Gasteiger partial charge in [0.05, 0.1) is 11.0 Å². The number of ether oxygens (including phenoxy) is 1. The number of rotatable bonds is 0. The number of allylic oxidation sites excluding steroid dienone is 3. The molecule has 5 fully saturated rings. The van der Waals surface area contributed by atoms with Crippen molar-refractivity contribution in [2.24, 2.45) is 22.7 Å². The molecule has 4 unspecified atom stereocenters. The Bertz CT molecular complexity index is 729. The highest BCUT2D eigenvalue weighted by Crippen LogP contribution is 2.81. The van der Waals surface area contributed by atoms with Gasteiger partial charge in [0.1, 0.15) is 5.76 Å². The minimum atomic E-state index is -0.861. The minimum absolute atomic E-state index is 0.0413. The predicted molar refractivity (Wildman–Crippen MR) is 80.4 cm³/mol. The second kappa shape index (κ2) is 3.38. The summed E-state index contributed by atoms with van der Waals surface area (Å²) in [5.41, 5.74) is -1.57. The number of Topliss-reactive ketones (excluding diaryl/α,β-unsaturated/α-hetero) is 1. The molecule has 0 aromatic rings. The van der Waals surface area contributed by atoms with Crippen LogP contribution in [0.4, 0.5) is 0 Å². The van der Waals surface area contributed by atoms with Crippen LogP contribution >= 0.6 is 0 Å². The van der Waals surface area contributed by atoms with E-state index in [9.17, 15) is 15.0 Å². The molecular weight excluding hydrogens is 294 g/mol. The molecule has 0 amide bonds. The van der Waals surface area contributed by atoms with Crippen LogP contribution in [0.5, 0.6) is 0 Å². The lowest BCUT2D eigenvalue weighted by Gasteiger charge is -2.70. The van der Waals surface area contributed by atoms with Gasteiger partial charge in [0.2, 0.25) is 0 Å². The molecule has 0 radical (unpaired) electrons. The molecule has 5 heteroatoms. The fourth-order valence-corrected chi connectivity index (χ4v) is 7.54. The van der Waals surface area contributed by atoms with Crippen molar-refractivity contribution in [3.63, 3.8) is 0 Å². The number of carbonyl (C=O) groups excluding carboxylic acids is 1. The summed E-state index contributed by atoms with van der Waals surface area (Å²) in [4.78, 5) is 15.1. The molecule has 7 atom stereocenters. The van der Waals surface area contributed by atoms with Crippen LogP contribution < -0.4 is 0 Å². The zero-order chi connectivity index (χ0) is 15.8. The number of aliphatic hydroxyl groups excluding tert-OH is 1. The first-order valence-corrected chi connectivity index (χ1v) is 8.68. The van der Waals surface area contributed by atoms with E-state index in [0.717, 1.165) is 25.8 Å². The van der Waals surface area contributed by atoms with Crippen molar-refractivity contribution in [3.05, 3.63) is 23.7 Å². The molecule has 122 valence electrons. The third-order valence-electron chi connectivity index (χ3n) is 8.09. The zero-order valence-corrected chi connectivity index (χ0v) is 13.2. The number of carbonyl (C=O) groups is 1. The SMILES string of the molecule is CN1CC23CCC(=O)[C@@H]4OC5=C(O)C=CC6C[C@@H]1C2(O)[C@@]4(C3)C56. The smallest absolute Gasteiger partial charge is 0.174 e. The van der Waals surface area contributed by atoms with E-state index >= 15 is 0 Å². The van der Waals surface area contributed by atoms with Gasteiger partial charge in [0, 0.05) is 30.3 Å². The highest BCUT2D eigenvalue weighted by molar-refractivity contribution is 5.87. The second-order valence-electron chi connectivity index (χ2n) is 8.64. The van der Waals surface area contributed by atoms with Crippen molar-refractivity contribution < 1.29 is 19.7 Å². The first kappa shape index (κ1) is 13.0. The van der Waals surface area contributed by atoms with E-state index in [1.807, 2.05) is 0 Å². The van der Waals surface area contributed by atoms with Crippen molar-refractivity contribution in [1.29, 1.82) is 0 Å². The highest BCUT2D eigenvalue weighted by Gasteiger charge is 2.89. The predicted octanol–water partition coefficient (Wildman–Crippen LogP) is 1.15. The summed E-state index contributed by atoms with van der Waals surface area (Å²) in [7, 11) is 2.10. The van der Waals surface area contributed by atoms with Gasteiger partial charge in [0.25, 0.3) is 0 Å². The average molecular weight is 315 g/mol. The van der Waals surface area contributed by atoms with Crippen LogP contribution in [0.3, 0.4) is 0 Å². The van der Waals surface area contributed by atoms with Crippen LogP contribution in [0.25, 0.3) is 0 Å². The first-order valence-electron chi connectivity index (χ1n) is 8.68. The summed E-state index contributed by atoms with van der Waals surface area (Å²) in [6.45, 7) is 0.865. The standard InChI is InChI=1S/C18H21NO4/c1-19-8-16-5-4-11(21)15-17(7-16)13-9(6-12(19)18(16,17)22)2-3-10(20)14(13)23-15/h2-3,9,12-13,15,20,22H,4-8H2,1H3/t9?,12-,13?,15+,16?,17+,18?/m1/s1. The Hall–Kier alpha value is -1.33. The highest BCUT2D eigenvalue weighted by atomic mass is 16.5. The normalized spacial score (nSPS) is 58.6. The number of likely N-dealkylation sites (N-methyl/N-ethyl adjacent to an activating group) is 1. The first-order chi connectivity index (χ1) is 10.9. The van der Waals surface area contributed by atoms with Crippen LogP contribution in [-0.4, -0.2) is 52.2 Å². The summed E-state index contributed by atoms with van der Waals surface area (Å²) >= 11 is 0. The lowest BCUT2D eigenvalue weighted by atomic mass is 9.34. The molecular formula is C18H21NO4. The van der Waals surface area contributed by atoms with Gasteiger partial charge in [0.15, 0.2) is 17.6 Å². The second-order valence-corrected chi connectivity index (χ2v) is 8.64. The Morgan fingerprint density at radius 3 is 3.09 bits per heavy atom. The molecule has 6 aliphatic rings. The van der Waals surface area contributed by atoms with Gasteiger partial charge in [-0.05, 0) is 38.3 Å². The Morgan fingerprint density at radius 1 is 1.43 bits per heavy atom. The van der Waals surface area contributed by atoms with Crippen LogP contribution in [0, 0.1) is 22.7 Å². The van der Waals surface area contributed by atoms with Crippen molar-refractivity contribution in [1.82, 2.24) is 4.90 Å². The lowest BCUT2D eigenvalue weighted by Crippen LogP contribution is -2.79. The van der Waals surface area contributed by atoms with E-state index in [1.165, 1.54) is 0 Å². The molecule has 0 aromatic heterocycles. The van der Waals surface area contributed by atoms with Gasteiger partial charge in [-0.2, -0.15) is 0 Å². The molecule has 5 nitrogen and oxygen atoms in total. The molecule has 2 bridgehead atoms. The van der Waals surface area contributed by atoms with Crippen molar-refractivity contribution in [2.45, 2.75) is 43.4 Å². The van der Waals surface area contributed by atoms with Gasteiger partial charge in [-0.15, -0.1) is 0 Å². The third-order valence-corrected chi connectivity index (χ3v) is 8.09. The van der Waals surface area contributed by atoms with Gasteiger partial charge in [-0.3, -0.25) is 9.69 Å². The van der Waals surface area contributed by atoms with E-state index in [0.29, 0.717) is 12.2 Å². The quantitative estimate of drug-likeness (QED) is 0.702. The molecule has 2 aliphatic heterocycles. The number of hydrogen-bond acceptors (Lipinski definition) is 5. The maximum absolute atomic E-state index is 12.8. The summed E-state index contributed by atoms with van der Waals surface area (Å²) in [5.74, 6) is 1.02. The van der Waals surface area contributed by atoms with Gasteiger partial charge in [-0.1, -0.05) is 6.08 Å². The van der Waals surface area contributed by atoms with Crippen LogP contribution in [0.1, 0.15) is 25.7 Å². The minimum Gasteiger partial charge on any atom is -0.504 e. The van der Waals surface area contributed by atoms with Crippen LogP contribution in [0.15, 0.2) is 23.7 Å². The Balaban J connectivity index is 1.66. The molecule has 2 N–H and O–H groups in total. The Morgan fingerprint density at radius 2 is 2.26 bits per heavy atom. The third kappa shape index (κ3) is 1.01. The Labute approximate surface area is 134 Å². The summed E-state index contributed by atoms with van der Waals surface area (Å²) in [6.07, 6.45) is 6.16. The van der Waals surface area contributed by atoms with Crippen molar-refractivity contribution >= 4 is 5.78 Å². The summed E-state index contributed by atoms with van der Waals surface area (Å²) in [5, 5.41) is 22.3. The maximum Gasteiger partial charge on any atom is 0.174 e. The maximum atomic E-state index is 12.8. The number of aliphatic hydroxyl groups is 2. The van der Waals surface area contributed by atoms with Gasteiger partial charge in [-0.25, -0.2) is 0 Å². The topological polar surface area (TPSA) is 70.0 Å². The van der Waals surface area contributed by atoms with E-state index in [2.05, 4.69) is 18.0 Å². The van der Waals surface area contributed by atoms with E-state index in [4.69, 9.17) is 4.74 Å². The molecule has 2 saturated heterocycles. The number of likely N-dealkylation sites (tertiary alicyclic amines) is 1. The number of nitrogens with zero attached hydrogens (tertiary/aromatic N) is 1. The zero-order valence-electron chi connectivity index (χ0n) is 13.2.